The lowest BCUT2D eigenvalue weighted by Gasteiger charge is -2.37. The van der Waals surface area contributed by atoms with Crippen LogP contribution in [0, 0.1) is 6.92 Å². The van der Waals surface area contributed by atoms with E-state index in [1.54, 1.807) is 0 Å². The van der Waals surface area contributed by atoms with Crippen LogP contribution in [-0.2, 0) is 40.4 Å². The summed E-state index contributed by atoms with van der Waals surface area (Å²) in [5, 5.41) is 13.8. The monoisotopic (exact) mass is 413 g/mol. The average molecular weight is 413 g/mol. The van der Waals surface area contributed by atoms with E-state index in [1.165, 1.54) is 22.3 Å². The number of aromatic nitrogens is 1. The fourth-order valence-corrected chi connectivity index (χ4v) is 3.92. The number of carbonyl (C=O) groups excluding carboxylic acids is 1. The van der Waals surface area contributed by atoms with E-state index in [2.05, 4.69) is 47.1 Å². The Morgan fingerprint density at radius 2 is 1.67 bits per heavy atom. The SMILES string of the molecule is CCN1Cc2ccccc2CC1C(=O)N1Cc2cnc(C)cc2C1.O=CO.O=CO. The first-order valence-corrected chi connectivity index (χ1v) is 9.68. The molecule has 0 aliphatic carbocycles. The molecule has 160 valence electrons. The van der Waals surface area contributed by atoms with Gasteiger partial charge in [-0.05, 0) is 48.2 Å². The molecule has 0 fully saturated rings. The number of carboxylic acid groups (broad SMARTS) is 2. The second kappa shape index (κ2) is 11.1. The number of aryl methyl sites for hydroxylation is 1. The maximum atomic E-state index is 13.2. The topological polar surface area (TPSA) is 111 Å². The van der Waals surface area contributed by atoms with Crippen LogP contribution in [0.2, 0.25) is 0 Å². The Hall–Kier alpha value is -3.26. The molecule has 1 aromatic heterocycles. The summed E-state index contributed by atoms with van der Waals surface area (Å²) in [6.07, 6.45) is 2.73. The smallest absolute Gasteiger partial charge is 0.290 e. The van der Waals surface area contributed by atoms with E-state index in [9.17, 15) is 4.79 Å². The molecule has 2 N–H and O–H groups in total. The predicted octanol–water partition coefficient (Wildman–Crippen LogP) is 2.08. The molecule has 2 aliphatic heterocycles. The van der Waals surface area contributed by atoms with Crippen molar-refractivity contribution < 1.29 is 24.6 Å². The van der Waals surface area contributed by atoms with Gasteiger partial charge in [0.1, 0.15) is 0 Å². The van der Waals surface area contributed by atoms with Gasteiger partial charge in [0.15, 0.2) is 0 Å². The summed E-state index contributed by atoms with van der Waals surface area (Å²) in [7, 11) is 0. The third-order valence-corrected chi connectivity index (χ3v) is 5.29. The third-order valence-electron chi connectivity index (χ3n) is 5.29. The van der Waals surface area contributed by atoms with Crippen LogP contribution < -0.4 is 0 Å². The van der Waals surface area contributed by atoms with Crippen LogP contribution in [0.5, 0.6) is 0 Å². The summed E-state index contributed by atoms with van der Waals surface area (Å²) in [6.45, 7) is 6.81. The van der Waals surface area contributed by atoms with E-state index in [1.807, 2.05) is 18.0 Å². The zero-order chi connectivity index (χ0) is 22.1. The zero-order valence-corrected chi connectivity index (χ0v) is 17.2. The van der Waals surface area contributed by atoms with E-state index in [4.69, 9.17) is 19.8 Å². The van der Waals surface area contributed by atoms with Crippen molar-refractivity contribution in [1.82, 2.24) is 14.8 Å². The molecule has 8 nitrogen and oxygen atoms in total. The van der Waals surface area contributed by atoms with Crippen LogP contribution in [0.25, 0.3) is 0 Å². The summed E-state index contributed by atoms with van der Waals surface area (Å²) in [6, 6.07) is 10.6. The molecule has 1 atom stereocenters. The van der Waals surface area contributed by atoms with Gasteiger partial charge in [-0.15, -0.1) is 0 Å². The molecule has 1 unspecified atom stereocenters. The molecule has 8 heteroatoms. The van der Waals surface area contributed by atoms with Crippen molar-refractivity contribution in [3.05, 3.63) is 64.5 Å². The van der Waals surface area contributed by atoms with Crippen molar-refractivity contribution in [2.24, 2.45) is 0 Å². The van der Waals surface area contributed by atoms with Crippen LogP contribution in [0.4, 0.5) is 0 Å². The number of pyridine rings is 1. The molecule has 30 heavy (non-hydrogen) atoms. The van der Waals surface area contributed by atoms with E-state index in [-0.39, 0.29) is 24.9 Å². The standard InChI is InChI=1S/C20H23N3O.2CH2O2/c1-3-22-11-16-7-5-4-6-15(16)9-19(22)20(24)23-12-17-8-14(2)21-10-18(17)13-23;2*2-1-3/h4-8,10,19H,3,9,11-13H2,1-2H3;2*1H,(H,2,3). The number of hydrogen-bond acceptors (Lipinski definition) is 5. The molecule has 1 amide bonds. The van der Waals surface area contributed by atoms with Gasteiger partial charge in [-0.1, -0.05) is 31.2 Å². The van der Waals surface area contributed by atoms with Crippen molar-refractivity contribution in [2.45, 2.75) is 45.9 Å². The lowest BCUT2D eigenvalue weighted by molar-refractivity contribution is -0.138. The molecule has 0 bridgehead atoms. The van der Waals surface area contributed by atoms with Gasteiger partial charge in [0, 0.05) is 31.5 Å². The van der Waals surface area contributed by atoms with Crippen molar-refractivity contribution in [3.63, 3.8) is 0 Å². The van der Waals surface area contributed by atoms with Gasteiger partial charge in [0.05, 0.1) is 6.04 Å². The lowest BCUT2D eigenvalue weighted by Crippen LogP contribution is -2.50. The first-order valence-electron chi connectivity index (χ1n) is 9.68. The molecular weight excluding hydrogens is 386 g/mol. The van der Waals surface area contributed by atoms with Crippen LogP contribution in [0.3, 0.4) is 0 Å². The summed E-state index contributed by atoms with van der Waals surface area (Å²) >= 11 is 0. The highest BCUT2D eigenvalue weighted by molar-refractivity contribution is 5.83. The second-order valence-electron chi connectivity index (χ2n) is 7.05. The second-order valence-corrected chi connectivity index (χ2v) is 7.05. The van der Waals surface area contributed by atoms with E-state index < -0.39 is 0 Å². The summed E-state index contributed by atoms with van der Waals surface area (Å²) in [4.78, 5) is 38.6. The first kappa shape index (κ1) is 23.0. The Balaban J connectivity index is 0.000000480. The molecule has 0 saturated heterocycles. The van der Waals surface area contributed by atoms with Crippen LogP contribution in [0.15, 0.2) is 36.5 Å². The molecule has 1 aromatic carbocycles. The Kier molecular flexibility index (Phi) is 8.49. The number of amides is 1. The van der Waals surface area contributed by atoms with Gasteiger partial charge >= 0.3 is 0 Å². The van der Waals surface area contributed by atoms with E-state index in [0.717, 1.165) is 25.2 Å². The molecule has 0 spiro atoms. The van der Waals surface area contributed by atoms with E-state index >= 15 is 0 Å². The average Bonchev–Trinajstić information content (AvgIpc) is 3.16. The molecular formula is C22H27N3O5. The third kappa shape index (κ3) is 5.42. The molecule has 2 aromatic rings. The number of fused-ring (bicyclic) bond motifs is 2. The zero-order valence-electron chi connectivity index (χ0n) is 17.2. The minimum atomic E-state index is -0.250. The highest BCUT2D eigenvalue weighted by atomic mass is 16.3. The number of nitrogens with zero attached hydrogens (tertiary/aromatic N) is 3. The Morgan fingerprint density at radius 1 is 1.07 bits per heavy atom. The number of carbonyl (C=O) groups is 3. The van der Waals surface area contributed by atoms with Crippen molar-refractivity contribution in [1.29, 1.82) is 0 Å². The highest BCUT2D eigenvalue weighted by Crippen LogP contribution is 2.28. The fraction of sp³-hybridized carbons (Fsp3) is 0.364. The number of benzene rings is 1. The quantitative estimate of drug-likeness (QED) is 0.725. The summed E-state index contributed by atoms with van der Waals surface area (Å²) < 4.78 is 0. The Morgan fingerprint density at radius 3 is 2.30 bits per heavy atom. The minimum Gasteiger partial charge on any atom is -0.483 e. The Bertz CT molecular complexity index is 881. The fourth-order valence-electron chi connectivity index (χ4n) is 3.92. The number of hydrogen-bond donors (Lipinski definition) is 2. The van der Waals surface area contributed by atoms with Gasteiger partial charge in [-0.3, -0.25) is 24.3 Å². The van der Waals surface area contributed by atoms with E-state index in [0.29, 0.717) is 13.1 Å². The molecule has 4 rings (SSSR count). The number of rotatable bonds is 2. The normalized spacial score (nSPS) is 16.7. The predicted molar refractivity (Wildman–Crippen MR) is 111 cm³/mol. The number of likely N-dealkylation sites (N-methyl/N-ethyl adjacent to an activating group) is 1. The van der Waals surface area contributed by atoms with Crippen LogP contribution in [-0.4, -0.2) is 56.4 Å². The van der Waals surface area contributed by atoms with Crippen molar-refractivity contribution >= 4 is 18.9 Å². The van der Waals surface area contributed by atoms with Gasteiger partial charge < -0.3 is 15.1 Å². The van der Waals surface area contributed by atoms with Gasteiger partial charge in [-0.2, -0.15) is 0 Å². The van der Waals surface area contributed by atoms with Crippen LogP contribution >= 0.6 is 0 Å². The molecule has 3 heterocycles. The van der Waals surface area contributed by atoms with Crippen LogP contribution in [0.1, 0.15) is 34.9 Å². The molecule has 2 aliphatic rings. The maximum absolute atomic E-state index is 13.2. The molecule has 0 radical (unpaired) electrons. The van der Waals surface area contributed by atoms with Gasteiger partial charge in [-0.25, -0.2) is 0 Å². The first-order chi connectivity index (χ1) is 14.5. The Labute approximate surface area is 175 Å². The summed E-state index contributed by atoms with van der Waals surface area (Å²) in [5.41, 5.74) is 6.12. The van der Waals surface area contributed by atoms with Gasteiger partial charge in [0.2, 0.25) is 5.91 Å². The van der Waals surface area contributed by atoms with Crippen molar-refractivity contribution in [3.8, 4) is 0 Å². The maximum Gasteiger partial charge on any atom is 0.290 e. The lowest BCUT2D eigenvalue weighted by atomic mass is 9.93. The summed E-state index contributed by atoms with van der Waals surface area (Å²) in [5.74, 6) is 0.250. The highest BCUT2D eigenvalue weighted by Gasteiger charge is 2.35. The van der Waals surface area contributed by atoms with Crippen molar-refractivity contribution in [2.75, 3.05) is 6.54 Å². The minimum absolute atomic E-state index is 0.0479. The largest absolute Gasteiger partial charge is 0.483 e. The van der Waals surface area contributed by atoms with Gasteiger partial charge in [0.25, 0.3) is 12.9 Å². The molecule has 0 saturated carbocycles.